The summed E-state index contributed by atoms with van der Waals surface area (Å²) in [5.41, 5.74) is 2.03. The molecule has 0 unspecified atom stereocenters. The first-order valence-electron chi connectivity index (χ1n) is 8.66. The van der Waals surface area contributed by atoms with Crippen molar-refractivity contribution in [3.63, 3.8) is 0 Å². The van der Waals surface area contributed by atoms with E-state index in [0.717, 1.165) is 5.56 Å². The van der Waals surface area contributed by atoms with Gasteiger partial charge in [0.25, 0.3) is 11.5 Å². The highest BCUT2D eigenvalue weighted by Crippen LogP contribution is 2.28. The molecule has 140 valence electrons. The molecule has 2 aromatic heterocycles. The number of nitrogens with zero attached hydrogens (tertiary/aromatic N) is 2. The molecule has 0 aliphatic carbocycles. The molecular weight excluding hydrogens is 374 g/mol. The van der Waals surface area contributed by atoms with E-state index < -0.39 is 0 Å². The SMILES string of the molecule is Cc1c(C(=O)Nc2ccc(O)cc2)sc2ncn(Cc3ccccc3)c(=O)c12. The number of hydrogen-bond acceptors (Lipinski definition) is 5. The van der Waals surface area contributed by atoms with E-state index >= 15 is 0 Å². The van der Waals surface area contributed by atoms with Gasteiger partial charge in [0.2, 0.25) is 0 Å². The van der Waals surface area contributed by atoms with Crippen LogP contribution in [-0.2, 0) is 6.54 Å². The van der Waals surface area contributed by atoms with Crippen LogP contribution in [0.15, 0.2) is 65.7 Å². The maximum Gasteiger partial charge on any atom is 0.266 e. The number of anilines is 1. The first-order valence-corrected chi connectivity index (χ1v) is 9.47. The largest absolute Gasteiger partial charge is 0.508 e. The van der Waals surface area contributed by atoms with Gasteiger partial charge in [-0.25, -0.2) is 4.98 Å². The van der Waals surface area contributed by atoms with Crippen LogP contribution in [0.4, 0.5) is 5.69 Å². The predicted molar refractivity (Wildman–Crippen MR) is 110 cm³/mol. The minimum absolute atomic E-state index is 0.124. The van der Waals surface area contributed by atoms with Crippen molar-refractivity contribution in [2.24, 2.45) is 0 Å². The molecule has 0 atom stereocenters. The summed E-state index contributed by atoms with van der Waals surface area (Å²) in [6.07, 6.45) is 1.52. The number of benzene rings is 2. The van der Waals surface area contributed by atoms with Crippen LogP contribution >= 0.6 is 11.3 Å². The highest BCUT2D eigenvalue weighted by atomic mass is 32.1. The Hall–Kier alpha value is -3.45. The summed E-state index contributed by atoms with van der Waals surface area (Å²) < 4.78 is 1.55. The lowest BCUT2D eigenvalue weighted by atomic mass is 10.2. The molecule has 2 N–H and O–H groups in total. The van der Waals surface area contributed by atoms with E-state index in [4.69, 9.17) is 0 Å². The predicted octanol–water partition coefficient (Wildman–Crippen LogP) is 3.77. The van der Waals surface area contributed by atoms with Crippen molar-refractivity contribution in [2.45, 2.75) is 13.5 Å². The average Bonchev–Trinajstić information content (AvgIpc) is 3.04. The van der Waals surface area contributed by atoms with E-state index in [0.29, 0.717) is 32.9 Å². The van der Waals surface area contributed by atoms with E-state index in [1.807, 2.05) is 30.3 Å². The number of phenols is 1. The Morgan fingerprint density at radius 2 is 1.86 bits per heavy atom. The van der Waals surface area contributed by atoms with Gasteiger partial charge >= 0.3 is 0 Å². The van der Waals surface area contributed by atoms with Crippen LogP contribution < -0.4 is 10.9 Å². The molecule has 2 heterocycles. The Bertz CT molecular complexity index is 1210. The van der Waals surface area contributed by atoms with Crippen LogP contribution in [0.2, 0.25) is 0 Å². The number of carbonyl (C=O) groups excluding carboxylic acids is 1. The van der Waals surface area contributed by atoms with Crippen molar-refractivity contribution in [1.82, 2.24) is 9.55 Å². The summed E-state index contributed by atoms with van der Waals surface area (Å²) in [6.45, 7) is 2.19. The van der Waals surface area contributed by atoms with Crippen LogP contribution in [0.25, 0.3) is 10.2 Å². The Balaban J connectivity index is 1.68. The van der Waals surface area contributed by atoms with Gasteiger partial charge in [0, 0.05) is 5.69 Å². The van der Waals surface area contributed by atoms with Crippen molar-refractivity contribution >= 4 is 33.1 Å². The average molecular weight is 391 g/mol. The maximum absolute atomic E-state index is 13.0. The van der Waals surface area contributed by atoms with E-state index in [1.165, 1.54) is 29.8 Å². The first kappa shape index (κ1) is 17.9. The van der Waals surface area contributed by atoms with Gasteiger partial charge in [-0.2, -0.15) is 0 Å². The Kier molecular flexibility index (Phi) is 4.67. The number of aryl methyl sites for hydroxylation is 1. The quantitative estimate of drug-likeness (QED) is 0.519. The first-order chi connectivity index (χ1) is 13.5. The Morgan fingerprint density at radius 1 is 1.14 bits per heavy atom. The third-order valence-corrected chi connectivity index (χ3v) is 5.64. The number of rotatable bonds is 4. The highest BCUT2D eigenvalue weighted by Gasteiger charge is 2.19. The smallest absolute Gasteiger partial charge is 0.266 e. The Labute approximate surface area is 164 Å². The van der Waals surface area contributed by atoms with Crippen molar-refractivity contribution < 1.29 is 9.90 Å². The molecule has 0 radical (unpaired) electrons. The summed E-state index contributed by atoms with van der Waals surface area (Å²) in [5.74, 6) is -0.181. The number of fused-ring (bicyclic) bond motifs is 1. The van der Waals surface area contributed by atoms with Crippen molar-refractivity contribution in [3.05, 3.63) is 87.3 Å². The monoisotopic (exact) mass is 391 g/mol. The van der Waals surface area contributed by atoms with Gasteiger partial charge in [0.15, 0.2) is 0 Å². The minimum Gasteiger partial charge on any atom is -0.508 e. The van der Waals surface area contributed by atoms with Crippen molar-refractivity contribution in [3.8, 4) is 5.75 Å². The number of carbonyl (C=O) groups is 1. The lowest BCUT2D eigenvalue weighted by molar-refractivity contribution is 0.103. The lowest BCUT2D eigenvalue weighted by Gasteiger charge is -2.06. The van der Waals surface area contributed by atoms with E-state index in [1.54, 1.807) is 23.6 Å². The molecule has 0 aliphatic heterocycles. The number of thiophene rings is 1. The van der Waals surface area contributed by atoms with Gasteiger partial charge in [0.1, 0.15) is 10.6 Å². The number of nitrogens with one attached hydrogen (secondary N) is 1. The minimum atomic E-state index is -0.305. The van der Waals surface area contributed by atoms with Gasteiger partial charge in [-0.1, -0.05) is 30.3 Å². The second-order valence-corrected chi connectivity index (χ2v) is 7.40. The van der Waals surface area contributed by atoms with Crippen LogP contribution in [0.3, 0.4) is 0 Å². The molecule has 1 amide bonds. The van der Waals surface area contributed by atoms with E-state index in [2.05, 4.69) is 10.3 Å². The molecule has 28 heavy (non-hydrogen) atoms. The van der Waals surface area contributed by atoms with E-state index in [-0.39, 0.29) is 17.2 Å². The second kappa shape index (κ2) is 7.28. The van der Waals surface area contributed by atoms with Crippen LogP contribution in [-0.4, -0.2) is 20.6 Å². The van der Waals surface area contributed by atoms with Gasteiger partial charge in [0.05, 0.1) is 23.1 Å². The molecule has 0 saturated carbocycles. The van der Waals surface area contributed by atoms with Crippen LogP contribution in [0.1, 0.15) is 20.8 Å². The molecule has 2 aromatic carbocycles. The summed E-state index contributed by atoms with van der Waals surface area (Å²) in [4.78, 5) is 31.0. The zero-order chi connectivity index (χ0) is 19.7. The molecule has 0 fully saturated rings. The third kappa shape index (κ3) is 3.39. The number of phenolic OH excluding ortho intramolecular Hbond substituents is 1. The maximum atomic E-state index is 13.0. The molecule has 0 spiro atoms. The topological polar surface area (TPSA) is 84.2 Å². The fourth-order valence-corrected chi connectivity index (χ4v) is 4.04. The summed E-state index contributed by atoms with van der Waals surface area (Å²) in [5, 5.41) is 12.6. The van der Waals surface area contributed by atoms with Gasteiger partial charge in [-0.05, 0) is 42.3 Å². The second-order valence-electron chi connectivity index (χ2n) is 6.40. The molecule has 7 heteroatoms. The number of aromatic nitrogens is 2. The van der Waals surface area contributed by atoms with Crippen LogP contribution in [0, 0.1) is 6.92 Å². The molecule has 4 rings (SSSR count). The van der Waals surface area contributed by atoms with Gasteiger partial charge < -0.3 is 10.4 Å². The molecule has 0 bridgehead atoms. The van der Waals surface area contributed by atoms with E-state index in [9.17, 15) is 14.7 Å². The molecular formula is C21H17N3O3S. The lowest BCUT2D eigenvalue weighted by Crippen LogP contribution is -2.21. The van der Waals surface area contributed by atoms with Crippen molar-refractivity contribution in [2.75, 3.05) is 5.32 Å². The molecule has 4 aromatic rings. The zero-order valence-electron chi connectivity index (χ0n) is 15.0. The van der Waals surface area contributed by atoms with Crippen molar-refractivity contribution in [1.29, 1.82) is 0 Å². The summed E-state index contributed by atoms with van der Waals surface area (Å²) in [6, 6.07) is 15.9. The van der Waals surface area contributed by atoms with Gasteiger partial charge in [-0.3, -0.25) is 14.2 Å². The highest BCUT2D eigenvalue weighted by molar-refractivity contribution is 7.20. The van der Waals surface area contributed by atoms with Gasteiger partial charge in [-0.15, -0.1) is 11.3 Å². The number of hydrogen-bond donors (Lipinski definition) is 2. The molecule has 6 nitrogen and oxygen atoms in total. The third-order valence-electron chi connectivity index (χ3n) is 4.44. The fourth-order valence-electron chi connectivity index (χ4n) is 3.00. The Morgan fingerprint density at radius 3 is 2.57 bits per heavy atom. The summed E-state index contributed by atoms with van der Waals surface area (Å²) >= 11 is 1.20. The van der Waals surface area contributed by atoms with Crippen LogP contribution in [0.5, 0.6) is 5.75 Å². The summed E-state index contributed by atoms with van der Waals surface area (Å²) in [7, 11) is 0. The molecule has 0 aliphatic rings. The number of aromatic hydroxyl groups is 1. The standard InChI is InChI=1S/C21H17N3O3S/c1-13-17-20(22-12-24(21(17)27)11-14-5-3-2-4-6-14)28-18(13)19(26)23-15-7-9-16(25)10-8-15/h2-10,12,25H,11H2,1H3,(H,23,26). The normalized spacial score (nSPS) is 10.9. The molecule has 0 saturated heterocycles. The fraction of sp³-hybridized carbons (Fsp3) is 0.0952. The number of amides is 1. The zero-order valence-corrected chi connectivity index (χ0v) is 15.9.